The molecule has 0 aliphatic heterocycles. The molecule has 0 N–H and O–H groups in total. The van der Waals surface area contributed by atoms with Crippen molar-refractivity contribution in [3.63, 3.8) is 0 Å². The highest BCUT2D eigenvalue weighted by molar-refractivity contribution is 7.09. The first-order valence-corrected chi connectivity index (χ1v) is 5.47. The van der Waals surface area contributed by atoms with Crippen LogP contribution in [0.3, 0.4) is 0 Å². The Morgan fingerprint density at radius 3 is 2.87 bits per heavy atom. The lowest BCUT2D eigenvalue weighted by molar-refractivity contribution is 1.11. The van der Waals surface area contributed by atoms with Crippen LogP contribution < -0.4 is 0 Å². The lowest BCUT2D eigenvalue weighted by Crippen LogP contribution is -1.87. The summed E-state index contributed by atoms with van der Waals surface area (Å²) in [4.78, 5) is 4.34. The summed E-state index contributed by atoms with van der Waals surface area (Å²) in [5, 5.41) is 11.4. The maximum Gasteiger partial charge on any atom is 0.111 e. The van der Waals surface area contributed by atoms with E-state index >= 15 is 0 Å². The normalized spacial score (nSPS) is 9.80. The summed E-state index contributed by atoms with van der Waals surface area (Å²) in [6.07, 6.45) is 2.30. The second-order valence-corrected chi connectivity index (χ2v) is 4.04. The van der Waals surface area contributed by atoms with Gasteiger partial charge in [-0.3, -0.25) is 0 Å². The Kier molecular flexibility index (Phi) is 3.11. The van der Waals surface area contributed by atoms with Crippen molar-refractivity contribution in [3.8, 4) is 6.07 Å². The molecule has 0 fully saturated rings. The van der Waals surface area contributed by atoms with Crippen molar-refractivity contribution in [2.24, 2.45) is 0 Å². The first-order chi connectivity index (χ1) is 7.38. The van der Waals surface area contributed by atoms with Crippen LogP contribution in [0.2, 0.25) is 0 Å². The van der Waals surface area contributed by atoms with Crippen molar-refractivity contribution in [1.82, 2.24) is 4.98 Å². The molecule has 0 bridgehead atoms. The molecular weight excluding hydrogens is 204 g/mol. The van der Waals surface area contributed by atoms with Gasteiger partial charge in [-0.15, -0.1) is 11.3 Å². The van der Waals surface area contributed by atoms with E-state index in [9.17, 15) is 0 Å². The zero-order valence-corrected chi connectivity index (χ0v) is 8.87. The second-order valence-electron chi connectivity index (χ2n) is 3.10. The van der Waals surface area contributed by atoms with E-state index in [0.717, 1.165) is 17.1 Å². The quantitative estimate of drug-likeness (QED) is 0.786. The maximum absolute atomic E-state index is 8.48. The third-order valence-electron chi connectivity index (χ3n) is 1.98. The van der Waals surface area contributed by atoms with Gasteiger partial charge in [-0.25, -0.2) is 4.98 Å². The van der Waals surface area contributed by atoms with Crippen LogP contribution in [0, 0.1) is 17.8 Å². The summed E-state index contributed by atoms with van der Waals surface area (Å²) in [5.74, 6) is 0. The molecule has 0 atom stereocenters. The Balaban J connectivity index is 2.09. The van der Waals surface area contributed by atoms with E-state index in [1.807, 2.05) is 29.6 Å². The van der Waals surface area contributed by atoms with Crippen molar-refractivity contribution >= 4 is 11.3 Å². The molecule has 2 aromatic rings. The fourth-order valence-electron chi connectivity index (χ4n) is 1.31. The fraction of sp³-hybridized carbons (Fsp3) is 0.0833. The lowest BCUT2D eigenvalue weighted by atomic mass is 10.2. The molecule has 0 unspecified atom stereocenters. The predicted molar refractivity (Wildman–Crippen MR) is 60.4 cm³/mol. The molecule has 0 spiro atoms. The Labute approximate surface area is 92.8 Å². The number of nitrogens with zero attached hydrogens (tertiary/aromatic N) is 2. The number of thiazole rings is 1. The van der Waals surface area contributed by atoms with Crippen LogP contribution >= 0.6 is 11.3 Å². The van der Waals surface area contributed by atoms with Gasteiger partial charge >= 0.3 is 0 Å². The Morgan fingerprint density at radius 2 is 2.13 bits per heavy atom. The molecule has 0 aliphatic carbocycles. The minimum absolute atomic E-state index is 0.758. The van der Waals surface area contributed by atoms with E-state index in [1.165, 1.54) is 12.0 Å². The molecule has 0 aliphatic rings. The summed E-state index contributed by atoms with van der Waals surface area (Å²) in [6.45, 7) is 0. The Morgan fingerprint density at radius 1 is 1.33 bits per heavy atom. The summed E-state index contributed by atoms with van der Waals surface area (Å²) >= 11 is 1.59. The first-order valence-electron chi connectivity index (χ1n) is 4.59. The largest absolute Gasteiger partial charge is 0.244 e. The molecule has 3 heteroatoms. The summed E-state index contributed by atoms with van der Waals surface area (Å²) < 4.78 is 0. The smallest absolute Gasteiger partial charge is 0.111 e. The van der Waals surface area contributed by atoms with Gasteiger partial charge < -0.3 is 0 Å². The number of aromatic nitrogens is 1. The van der Waals surface area contributed by atoms with Crippen LogP contribution in [0.1, 0.15) is 16.3 Å². The zero-order chi connectivity index (χ0) is 10.5. The third-order valence-corrected chi connectivity index (χ3v) is 2.85. The number of nitriles is 1. The SMILES string of the molecule is N#C[CH]c1csc(Cc2ccccc2)n1. The minimum atomic E-state index is 0.758. The zero-order valence-electron chi connectivity index (χ0n) is 8.05. The summed E-state index contributed by atoms with van der Waals surface area (Å²) in [7, 11) is 0. The van der Waals surface area contributed by atoms with Gasteiger partial charge in [0, 0.05) is 11.8 Å². The monoisotopic (exact) mass is 213 g/mol. The maximum atomic E-state index is 8.48. The molecule has 0 saturated heterocycles. The summed E-state index contributed by atoms with van der Waals surface area (Å²) in [5.41, 5.74) is 2.00. The van der Waals surface area contributed by atoms with Gasteiger partial charge in [0.1, 0.15) is 6.42 Å². The molecule has 1 radical (unpaired) electrons. The highest BCUT2D eigenvalue weighted by Gasteiger charge is 2.02. The molecular formula is C12H9N2S. The standard InChI is InChI=1S/C12H9N2S/c13-7-6-11-9-15-12(14-11)8-10-4-2-1-3-5-10/h1-6,9H,8H2. The first kappa shape index (κ1) is 9.88. The number of hydrogen-bond donors (Lipinski definition) is 0. The number of benzene rings is 1. The van der Waals surface area contributed by atoms with Crippen molar-refractivity contribution in [3.05, 3.63) is 58.4 Å². The van der Waals surface area contributed by atoms with Crippen molar-refractivity contribution in [2.45, 2.75) is 6.42 Å². The van der Waals surface area contributed by atoms with Crippen LogP contribution in [0.15, 0.2) is 35.7 Å². The Hall–Kier alpha value is -1.66. The van der Waals surface area contributed by atoms with Crippen molar-refractivity contribution < 1.29 is 0 Å². The molecule has 15 heavy (non-hydrogen) atoms. The van der Waals surface area contributed by atoms with Crippen LogP contribution in [-0.4, -0.2) is 4.98 Å². The van der Waals surface area contributed by atoms with E-state index in [0.29, 0.717) is 0 Å². The molecule has 2 rings (SSSR count). The highest BCUT2D eigenvalue weighted by Crippen LogP contribution is 2.15. The average molecular weight is 213 g/mol. The van der Waals surface area contributed by atoms with E-state index in [1.54, 1.807) is 11.3 Å². The molecule has 0 amide bonds. The van der Waals surface area contributed by atoms with Crippen molar-refractivity contribution in [1.29, 1.82) is 5.26 Å². The molecule has 2 nitrogen and oxygen atoms in total. The van der Waals surface area contributed by atoms with E-state index in [-0.39, 0.29) is 0 Å². The van der Waals surface area contributed by atoms with Gasteiger partial charge in [-0.1, -0.05) is 30.3 Å². The molecule has 1 aromatic heterocycles. The molecule has 73 valence electrons. The minimum Gasteiger partial charge on any atom is -0.244 e. The van der Waals surface area contributed by atoms with Gasteiger partial charge in [0.25, 0.3) is 0 Å². The van der Waals surface area contributed by atoms with E-state index in [2.05, 4.69) is 17.1 Å². The van der Waals surface area contributed by atoms with E-state index < -0.39 is 0 Å². The van der Waals surface area contributed by atoms with Gasteiger partial charge in [0.05, 0.1) is 16.8 Å². The summed E-state index contributed by atoms with van der Waals surface area (Å²) in [6, 6.07) is 12.2. The van der Waals surface area contributed by atoms with Crippen molar-refractivity contribution in [2.75, 3.05) is 0 Å². The van der Waals surface area contributed by atoms with Gasteiger partial charge in [-0.05, 0) is 5.56 Å². The second kappa shape index (κ2) is 4.72. The lowest BCUT2D eigenvalue weighted by Gasteiger charge is -1.95. The van der Waals surface area contributed by atoms with Crippen LogP contribution in [0.25, 0.3) is 0 Å². The fourth-order valence-corrected chi connectivity index (χ4v) is 2.09. The topological polar surface area (TPSA) is 36.7 Å². The average Bonchev–Trinajstić information content (AvgIpc) is 2.68. The van der Waals surface area contributed by atoms with Gasteiger partial charge in [0.2, 0.25) is 0 Å². The van der Waals surface area contributed by atoms with Crippen LogP contribution in [0.5, 0.6) is 0 Å². The molecule has 1 aromatic carbocycles. The van der Waals surface area contributed by atoms with E-state index in [4.69, 9.17) is 5.26 Å². The predicted octanol–water partition coefficient (Wildman–Crippen LogP) is 2.81. The highest BCUT2D eigenvalue weighted by atomic mass is 32.1. The Bertz CT molecular complexity index is 468. The van der Waals surface area contributed by atoms with Crippen LogP contribution in [0.4, 0.5) is 0 Å². The third kappa shape index (κ3) is 2.64. The number of hydrogen-bond acceptors (Lipinski definition) is 3. The van der Waals surface area contributed by atoms with Crippen LogP contribution in [-0.2, 0) is 6.42 Å². The van der Waals surface area contributed by atoms with Gasteiger partial charge in [0.15, 0.2) is 0 Å². The molecule has 1 heterocycles. The number of rotatable bonds is 3. The molecule has 0 saturated carbocycles. The van der Waals surface area contributed by atoms with Gasteiger partial charge in [-0.2, -0.15) is 5.26 Å².